The van der Waals surface area contributed by atoms with Gasteiger partial charge in [0.15, 0.2) is 0 Å². The van der Waals surface area contributed by atoms with Crippen molar-refractivity contribution in [2.24, 2.45) is 0 Å². The maximum absolute atomic E-state index is 11.4. The highest BCUT2D eigenvalue weighted by molar-refractivity contribution is 5.89. The molecule has 0 bridgehead atoms. The number of carbonyl (C=O) groups is 1. The van der Waals surface area contributed by atoms with Gasteiger partial charge in [-0.25, -0.2) is 4.79 Å². The molecule has 2 aromatic carbocycles. The second-order valence-electron chi connectivity index (χ2n) is 6.47. The van der Waals surface area contributed by atoms with Crippen molar-refractivity contribution in [1.82, 2.24) is 4.90 Å². The minimum Gasteiger partial charge on any atom is -0.492 e. The first-order valence-corrected chi connectivity index (χ1v) is 8.89. The third kappa shape index (κ3) is 4.84. The van der Waals surface area contributed by atoms with E-state index in [1.807, 2.05) is 18.2 Å². The molecule has 3 rings (SSSR count). The zero-order valence-electron chi connectivity index (χ0n) is 15.3. The van der Waals surface area contributed by atoms with Crippen molar-refractivity contribution < 1.29 is 19.0 Å². The third-order valence-electron chi connectivity index (χ3n) is 4.46. The number of carbonyl (C=O) groups excluding carboxylic acids is 1. The fraction of sp³-hybridized carbons (Fsp3) is 0.381. The van der Waals surface area contributed by atoms with Crippen LogP contribution in [0.15, 0.2) is 54.6 Å². The molecule has 0 N–H and O–H groups in total. The van der Waals surface area contributed by atoms with Crippen molar-refractivity contribution in [1.29, 1.82) is 0 Å². The van der Waals surface area contributed by atoms with Crippen molar-refractivity contribution in [3.05, 3.63) is 65.7 Å². The summed E-state index contributed by atoms with van der Waals surface area (Å²) in [4.78, 5) is 13.8. The lowest BCUT2D eigenvalue weighted by molar-refractivity contribution is -0.0807. The predicted molar refractivity (Wildman–Crippen MR) is 99.4 cm³/mol. The van der Waals surface area contributed by atoms with E-state index in [1.54, 1.807) is 24.3 Å². The molecule has 2 aromatic rings. The Balaban J connectivity index is 1.50. The number of benzene rings is 2. The van der Waals surface area contributed by atoms with E-state index >= 15 is 0 Å². The normalized spacial score (nSPS) is 20.5. The number of hydrogen-bond acceptors (Lipinski definition) is 5. The molecule has 1 fully saturated rings. The number of hydrogen-bond donors (Lipinski definition) is 0. The van der Waals surface area contributed by atoms with Gasteiger partial charge in [0.2, 0.25) is 0 Å². The van der Waals surface area contributed by atoms with Gasteiger partial charge in [-0.3, -0.25) is 4.90 Å². The molecule has 2 unspecified atom stereocenters. The van der Waals surface area contributed by atoms with Crippen LogP contribution in [0.3, 0.4) is 0 Å². The molecule has 0 spiro atoms. The molecule has 0 saturated carbocycles. The van der Waals surface area contributed by atoms with Crippen molar-refractivity contribution >= 4 is 5.97 Å². The van der Waals surface area contributed by atoms with Gasteiger partial charge in [-0.2, -0.15) is 0 Å². The molecular formula is C21H25NO4. The van der Waals surface area contributed by atoms with Gasteiger partial charge < -0.3 is 14.2 Å². The number of morpholine rings is 1. The van der Waals surface area contributed by atoms with Crippen LogP contribution in [0.2, 0.25) is 0 Å². The Morgan fingerprint density at radius 3 is 2.54 bits per heavy atom. The topological polar surface area (TPSA) is 48.0 Å². The quantitative estimate of drug-likeness (QED) is 0.744. The molecule has 0 aromatic heterocycles. The van der Waals surface area contributed by atoms with Gasteiger partial charge in [-0.15, -0.1) is 0 Å². The van der Waals surface area contributed by atoms with Gasteiger partial charge in [0.05, 0.1) is 24.9 Å². The van der Waals surface area contributed by atoms with Crippen LogP contribution in [0.5, 0.6) is 5.75 Å². The van der Waals surface area contributed by atoms with Crippen LogP contribution in [0.4, 0.5) is 0 Å². The van der Waals surface area contributed by atoms with Crippen LogP contribution in [0.25, 0.3) is 0 Å². The second kappa shape index (κ2) is 8.83. The van der Waals surface area contributed by atoms with E-state index in [0.717, 1.165) is 25.4 Å². The Morgan fingerprint density at radius 1 is 1.12 bits per heavy atom. The maximum atomic E-state index is 11.4. The highest BCUT2D eigenvalue weighted by atomic mass is 16.5. The Bertz CT molecular complexity index is 702. The molecule has 0 amide bonds. The van der Waals surface area contributed by atoms with Crippen LogP contribution in [0.1, 0.15) is 28.9 Å². The van der Waals surface area contributed by atoms with Crippen molar-refractivity contribution in [2.45, 2.75) is 19.1 Å². The Labute approximate surface area is 154 Å². The zero-order valence-corrected chi connectivity index (χ0v) is 15.3. The van der Waals surface area contributed by atoms with E-state index in [-0.39, 0.29) is 18.2 Å². The Hall–Kier alpha value is -2.37. The summed E-state index contributed by atoms with van der Waals surface area (Å²) in [6.45, 7) is 5.28. The van der Waals surface area contributed by atoms with E-state index in [1.165, 1.54) is 12.7 Å². The zero-order chi connectivity index (χ0) is 18.4. The fourth-order valence-corrected chi connectivity index (χ4v) is 3.17. The fourth-order valence-electron chi connectivity index (χ4n) is 3.17. The summed E-state index contributed by atoms with van der Waals surface area (Å²) in [5.41, 5.74) is 1.73. The largest absolute Gasteiger partial charge is 0.492 e. The number of methoxy groups -OCH3 is 1. The summed E-state index contributed by atoms with van der Waals surface area (Å²) < 4.78 is 16.6. The average Bonchev–Trinajstić information content (AvgIpc) is 2.68. The van der Waals surface area contributed by atoms with E-state index in [4.69, 9.17) is 14.2 Å². The SMILES string of the molecule is COC(=O)c1ccc(OCCN2CC(C)OC(c3ccccc3)C2)cc1. The second-order valence-corrected chi connectivity index (χ2v) is 6.47. The smallest absolute Gasteiger partial charge is 0.337 e. The van der Waals surface area contributed by atoms with E-state index in [2.05, 4.69) is 24.0 Å². The highest BCUT2D eigenvalue weighted by Crippen LogP contribution is 2.24. The van der Waals surface area contributed by atoms with Crippen LogP contribution in [-0.4, -0.2) is 50.3 Å². The summed E-state index contributed by atoms with van der Waals surface area (Å²) in [5, 5.41) is 0. The molecule has 1 heterocycles. The average molecular weight is 355 g/mol. The van der Waals surface area contributed by atoms with Crippen molar-refractivity contribution in [3.8, 4) is 5.75 Å². The highest BCUT2D eigenvalue weighted by Gasteiger charge is 2.26. The van der Waals surface area contributed by atoms with Gasteiger partial charge in [-0.1, -0.05) is 30.3 Å². The molecular weight excluding hydrogens is 330 g/mol. The summed E-state index contributed by atoms with van der Waals surface area (Å²) in [7, 11) is 1.37. The number of rotatable bonds is 6. The first kappa shape index (κ1) is 18.4. The molecule has 0 aliphatic carbocycles. The first-order valence-electron chi connectivity index (χ1n) is 8.89. The predicted octanol–water partition coefficient (Wildman–Crippen LogP) is 3.31. The summed E-state index contributed by atoms with van der Waals surface area (Å²) in [6.07, 6.45) is 0.285. The van der Waals surface area contributed by atoms with E-state index < -0.39 is 0 Å². The monoisotopic (exact) mass is 355 g/mol. The Kier molecular flexibility index (Phi) is 6.26. The summed E-state index contributed by atoms with van der Waals surface area (Å²) in [5.74, 6) is 0.407. The van der Waals surface area contributed by atoms with Crippen LogP contribution in [0, 0.1) is 0 Å². The molecule has 26 heavy (non-hydrogen) atoms. The minimum atomic E-state index is -0.342. The summed E-state index contributed by atoms with van der Waals surface area (Å²) >= 11 is 0. The molecule has 1 saturated heterocycles. The standard InChI is InChI=1S/C21H25NO4/c1-16-14-22(15-20(26-16)17-6-4-3-5-7-17)12-13-25-19-10-8-18(9-11-19)21(23)24-2/h3-11,16,20H,12-15H2,1-2H3. The van der Waals surface area contributed by atoms with Gasteiger partial charge in [-0.05, 0) is 36.8 Å². The van der Waals surface area contributed by atoms with Gasteiger partial charge in [0.25, 0.3) is 0 Å². The first-order chi connectivity index (χ1) is 12.7. The molecule has 0 radical (unpaired) electrons. The third-order valence-corrected chi connectivity index (χ3v) is 4.46. The van der Waals surface area contributed by atoms with Crippen LogP contribution >= 0.6 is 0 Å². The number of nitrogens with zero attached hydrogens (tertiary/aromatic N) is 1. The van der Waals surface area contributed by atoms with Crippen molar-refractivity contribution in [3.63, 3.8) is 0 Å². The van der Waals surface area contributed by atoms with Gasteiger partial charge in [0, 0.05) is 19.6 Å². The van der Waals surface area contributed by atoms with Crippen molar-refractivity contribution in [2.75, 3.05) is 33.4 Å². The lowest BCUT2D eigenvalue weighted by Crippen LogP contribution is -2.44. The number of ether oxygens (including phenoxy) is 3. The molecule has 2 atom stereocenters. The van der Waals surface area contributed by atoms with E-state index in [0.29, 0.717) is 12.2 Å². The summed E-state index contributed by atoms with van der Waals surface area (Å²) in [6, 6.07) is 17.3. The van der Waals surface area contributed by atoms with Crippen LogP contribution < -0.4 is 4.74 Å². The Morgan fingerprint density at radius 2 is 1.85 bits per heavy atom. The number of esters is 1. The lowest BCUT2D eigenvalue weighted by Gasteiger charge is -2.37. The molecule has 5 nitrogen and oxygen atoms in total. The maximum Gasteiger partial charge on any atom is 0.337 e. The van der Waals surface area contributed by atoms with E-state index in [9.17, 15) is 4.79 Å². The van der Waals surface area contributed by atoms with Gasteiger partial charge in [0.1, 0.15) is 12.4 Å². The molecule has 138 valence electrons. The molecule has 1 aliphatic rings. The minimum absolute atomic E-state index is 0.0966. The van der Waals surface area contributed by atoms with Crippen LogP contribution in [-0.2, 0) is 9.47 Å². The lowest BCUT2D eigenvalue weighted by atomic mass is 10.1. The molecule has 1 aliphatic heterocycles. The van der Waals surface area contributed by atoms with Gasteiger partial charge >= 0.3 is 5.97 Å². The molecule has 5 heteroatoms.